The van der Waals surface area contributed by atoms with Crippen LogP contribution in [0.5, 0.6) is 11.5 Å². The van der Waals surface area contributed by atoms with Crippen molar-refractivity contribution in [1.29, 1.82) is 0 Å². The molecule has 0 unspecified atom stereocenters. The molecule has 0 saturated carbocycles. The van der Waals surface area contributed by atoms with Crippen LogP contribution in [0.25, 0.3) is 0 Å². The lowest BCUT2D eigenvalue weighted by Crippen LogP contribution is -2.36. The Bertz CT molecular complexity index is 952. The average Bonchev–Trinajstić information content (AvgIpc) is 3.00. The fourth-order valence-corrected chi connectivity index (χ4v) is 3.68. The third-order valence-electron chi connectivity index (χ3n) is 4.09. The monoisotopic (exact) mass is 390 g/mol. The number of anilines is 1. The topological polar surface area (TPSA) is 84.9 Å². The Balaban J connectivity index is 1.72. The molecule has 0 aromatic heterocycles. The first-order chi connectivity index (χ1) is 12.7. The number of hydrogen-bond acceptors (Lipinski definition) is 5. The van der Waals surface area contributed by atoms with Crippen LogP contribution in [0, 0.1) is 13.8 Å². The molecule has 1 amide bonds. The Morgan fingerprint density at radius 2 is 1.74 bits per heavy atom. The van der Waals surface area contributed by atoms with Crippen molar-refractivity contribution in [3.8, 4) is 11.5 Å². The Labute approximate surface area is 158 Å². The fourth-order valence-electron chi connectivity index (χ4n) is 2.94. The van der Waals surface area contributed by atoms with Crippen molar-refractivity contribution in [2.45, 2.75) is 20.4 Å². The lowest BCUT2D eigenvalue weighted by molar-refractivity contribution is -0.116. The zero-order chi connectivity index (χ0) is 19.6. The molecular formula is C19H22N2O5S. The molecule has 0 aliphatic carbocycles. The van der Waals surface area contributed by atoms with Gasteiger partial charge in [-0.15, -0.1) is 0 Å². The predicted octanol–water partition coefficient (Wildman–Crippen LogP) is 2.43. The van der Waals surface area contributed by atoms with E-state index in [1.807, 2.05) is 32.0 Å². The second-order valence-electron chi connectivity index (χ2n) is 6.64. The summed E-state index contributed by atoms with van der Waals surface area (Å²) in [4.78, 5) is 12.4. The van der Waals surface area contributed by atoms with Crippen molar-refractivity contribution in [1.82, 2.24) is 4.31 Å². The molecule has 1 N–H and O–H groups in total. The van der Waals surface area contributed by atoms with E-state index >= 15 is 0 Å². The predicted molar refractivity (Wildman–Crippen MR) is 102 cm³/mol. The molecule has 2 aromatic carbocycles. The summed E-state index contributed by atoms with van der Waals surface area (Å²) in [6.07, 6.45) is 1.09. The fraction of sp³-hybridized carbons (Fsp3) is 0.316. The van der Waals surface area contributed by atoms with Crippen LogP contribution in [0.4, 0.5) is 5.69 Å². The van der Waals surface area contributed by atoms with Gasteiger partial charge in [-0.1, -0.05) is 12.1 Å². The van der Waals surface area contributed by atoms with E-state index in [2.05, 4.69) is 5.32 Å². The summed E-state index contributed by atoms with van der Waals surface area (Å²) in [5.74, 6) is 0.795. The van der Waals surface area contributed by atoms with E-state index in [9.17, 15) is 13.2 Å². The third-order valence-corrected chi connectivity index (χ3v) is 5.29. The van der Waals surface area contributed by atoms with Crippen molar-refractivity contribution in [3.05, 3.63) is 53.1 Å². The second-order valence-corrected chi connectivity index (χ2v) is 8.63. The van der Waals surface area contributed by atoms with Crippen LogP contribution >= 0.6 is 0 Å². The van der Waals surface area contributed by atoms with Gasteiger partial charge in [-0.2, -0.15) is 4.31 Å². The van der Waals surface area contributed by atoms with Gasteiger partial charge in [0.25, 0.3) is 0 Å². The highest BCUT2D eigenvalue weighted by Crippen LogP contribution is 2.33. The Hall–Kier alpha value is -2.58. The zero-order valence-electron chi connectivity index (χ0n) is 15.5. The molecular weight excluding hydrogens is 368 g/mol. The van der Waals surface area contributed by atoms with E-state index in [4.69, 9.17) is 9.47 Å². The Kier molecular flexibility index (Phi) is 5.38. The van der Waals surface area contributed by atoms with Crippen LogP contribution in [0.3, 0.4) is 0 Å². The molecule has 0 spiro atoms. The highest BCUT2D eigenvalue weighted by Gasteiger charge is 2.22. The first kappa shape index (κ1) is 19.2. The zero-order valence-corrected chi connectivity index (χ0v) is 16.3. The molecule has 1 aliphatic rings. The van der Waals surface area contributed by atoms with Gasteiger partial charge in [0, 0.05) is 12.2 Å². The second kappa shape index (κ2) is 7.58. The van der Waals surface area contributed by atoms with E-state index in [-0.39, 0.29) is 19.9 Å². The van der Waals surface area contributed by atoms with Gasteiger partial charge in [0.2, 0.25) is 22.7 Å². The number of amides is 1. The molecule has 7 nitrogen and oxygen atoms in total. The number of sulfonamides is 1. The number of fused-ring (bicyclic) bond motifs is 1. The summed E-state index contributed by atoms with van der Waals surface area (Å²) in [5.41, 5.74) is 3.40. The van der Waals surface area contributed by atoms with Crippen LogP contribution in [0.2, 0.25) is 0 Å². The number of carbonyl (C=O) groups excluding carboxylic acids is 1. The first-order valence-electron chi connectivity index (χ1n) is 8.42. The maximum atomic E-state index is 12.4. The summed E-state index contributed by atoms with van der Waals surface area (Å²) in [7, 11) is -3.58. The van der Waals surface area contributed by atoms with E-state index in [1.165, 1.54) is 0 Å². The van der Waals surface area contributed by atoms with Crippen LogP contribution in [-0.2, 0) is 21.4 Å². The molecule has 3 rings (SSSR count). The summed E-state index contributed by atoms with van der Waals surface area (Å²) in [5, 5.41) is 2.76. The molecule has 0 atom stereocenters. The van der Waals surface area contributed by atoms with Crippen molar-refractivity contribution < 1.29 is 22.7 Å². The highest BCUT2D eigenvalue weighted by molar-refractivity contribution is 7.88. The molecule has 8 heteroatoms. The van der Waals surface area contributed by atoms with Gasteiger partial charge < -0.3 is 14.8 Å². The van der Waals surface area contributed by atoms with Crippen LogP contribution in [0.1, 0.15) is 16.7 Å². The Morgan fingerprint density at radius 1 is 1.07 bits per heavy atom. The quantitative estimate of drug-likeness (QED) is 0.819. The van der Waals surface area contributed by atoms with Gasteiger partial charge in [0.05, 0.1) is 12.8 Å². The minimum absolute atomic E-state index is 0.0652. The molecule has 2 aromatic rings. The molecule has 0 fully saturated rings. The number of carbonyl (C=O) groups is 1. The van der Waals surface area contributed by atoms with Crippen LogP contribution < -0.4 is 14.8 Å². The minimum atomic E-state index is -3.58. The van der Waals surface area contributed by atoms with E-state index < -0.39 is 15.9 Å². The number of benzene rings is 2. The van der Waals surface area contributed by atoms with Crippen LogP contribution in [0.15, 0.2) is 36.4 Å². The van der Waals surface area contributed by atoms with Gasteiger partial charge in [0.15, 0.2) is 11.5 Å². The minimum Gasteiger partial charge on any atom is -0.454 e. The van der Waals surface area contributed by atoms with Gasteiger partial charge in [-0.3, -0.25) is 4.79 Å². The van der Waals surface area contributed by atoms with Crippen molar-refractivity contribution in [2.75, 3.05) is 24.9 Å². The van der Waals surface area contributed by atoms with Gasteiger partial charge in [-0.25, -0.2) is 8.42 Å². The van der Waals surface area contributed by atoms with Crippen molar-refractivity contribution >= 4 is 21.6 Å². The molecule has 1 aliphatic heterocycles. The molecule has 1 heterocycles. The first-order valence-corrected chi connectivity index (χ1v) is 10.3. The molecule has 144 valence electrons. The summed E-state index contributed by atoms with van der Waals surface area (Å²) in [6, 6.07) is 10.9. The summed E-state index contributed by atoms with van der Waals surface area (Å²) < 4.78 is 36.0. The van der Waals surface area contributed by atoms with Gasteiger partial charge >= 0.3 is 0 Å². The summed E-state index contributed by atoms with van der Waals surface area (Å²) in [6.45, 7) is 3.80. The molecule has 0 radical (unpaired) electrons. The van der Waals surface area contributed by atoms with Crippen molar-refractivity contribution in [2.24, 2.45) is 0 Å². The smallest absolute Gasteiger partial charge is 0.239 e. The SMILES string of the molecule is Cc1cc(C)cc(NC(=O)CN(Cc2ccc3c(c2)OCO3)S(C)(=O)=O)c1. The molecule has 0 bridgehead atoms. The highest BCUT2D eigenvalue weighted by atomic mass is 32.2. The maximum Gasteiger partial charge on any atom is 0.239 e. The van der Waals surface area contributed by atoms with Gasteiger partial charge in [0.1, 0.15) is 0 Å². The van der Waals surface area contributed by atoms with E-state index in [0.717, 1.165) is 21.7 Å². The lowest BCUT2D eigenvalue weighted by atomic mass is 10.1. The molecule has 0 saturated heterocycles. The summed E-state index contributed by atoms with van der Waals surface area (Å²) >= 11 is 0. The third kappa shape index (κ3) is 4.99. The van der Waals surface area contributed by atoms with E-state index in [1.54, 1.807) is 18.2 Å². The number of aryl methyl sites for hydroxylation is 2. The van der Waals surface area contributed by atoms with Crippen LogP contribution in [-0.4, -0.2) is 38.2 Å². The Morgan fingerprint density at radius 3 is 2.41 bits per heavy atom. The standard InChI is InChI=1S/C19H22N2O5S/c1-13-6-14(2)8-16(7-13)20-19(22)11-21(27(3,23)24)10-15-4-5-17-18(9-15)26-12-25-17/h4-9H,10-12H2,1-3H3,(H,20,22). The number of nitrogens with zero attached hydrogens (tertiary/aromatic N) is 1. The normalized spacial score (nSPS) is 13.0. The number of ether oxygens (including phenoxy) is 2. The van der Waals surface area contributed by atoms with E-state index in [0.29, 0.717) is 22.7 Å². The van der Waals surface area contributed by atoms with Gasteiger partial charge in [-0.05, 0) is 54.8 Å². The largest absolute Gasteiger partial charge is 0.454 e. The lowest BCUT2D eigenvalue weighted by Gasteiger charge is -2.20. The van der Waals surface area contributed by atoms with Crippen molar-refractivity contribution in [3.63, 3.8) is 0 Å². The number of nitrogens with one attached hydrogen (secondary N) is 1. The average molecular weight is 390 g/mol. The molecule has 27 heavy (non-hydrogen) atoms. The maximum absolute atomic E-state index is 12.4. The number of rotatable bonds is 6. The number of hydrogen-bond donors (Lipinski definition) is 1.